The highest BCUT2D eigenvalue weighted by atomic mass is 16.3. The lowest BCUT2D eigenvalue weighted by Crippen LogP contribution is -2.33. The third kappa shape index (κ3) is 2.26. The van der Waals surface area contributed by atoms with Gasteiger partial charge in [0.25, 0.3) is 0 Å². The third-order valence-corrected chi connectivity index (χ3v) is 3.85. The minimum absolute atomic E-state index is 0.294. The monoisotopic (exact) mass is 245 g/mol. The minimum Gasteiger partial charge on any atom is -0.396 e. The predicted molar refractivity (Wildman–Crippen MR) is 70.2 cm³/mol. The minimum atomic E-state index is 0.294. The Morgan fingerprint density at radius 1 is 1.39 bits per heavy atom. The third-order valence-electron chi connectivity index (χ3n) is 3.85. The van der Waals surface area contributed by atoms with Crippen LogP contribution in [0.1, 0.15) is 25.0 Å². The van der Waals surface area contributed by atoms with Gasteiger partial charge in [-0.25, -0.2) is 4.98 Å². The number of fused-ring (bicyclic) bond motifs is 1. The van der Waals surface area contributed by atoms with Crippen molar-refractivity contribution in [1.29, 1.82) is 0 Å². The number of aliphatic hydroxyl groups is 1. The first-order valence-electron chi connectivity index (χ1n) is 6.63. The summed E-state index contributed by atoms with van der Waals surface area (Å²) in [7, 11) is 0. The number of nitrogens with one attached hydrogen (secondary N) is 1. The molecule has 3 rings (SSSR count). The second-order valence-electron chi connectivity index (χ2n) is 5.06. The van der Waals surface area contributed by atoms with E-state index in [1.807, 2.05) is 28.8 Å². The van der Waals surface area contributed by atoms with Gasteiger partial charge in [0.1, 0.15) is 5.65 Å². The van der Waals surface area contributed by atoms with E-state index in [4.69, 9.17) is 0 Å². The fraction of sp³-hybridized carbons (Fsp3) is 0.500. The lowest BCUT2D eigenvalue weighted by Gasteiger charge is -2.18. The van der Waals surface area contributed by atoms with Crippen molar-refractivity contribution in [2.75, 3.05) is 6.61 Å². The highest BCUT2D eigenvalue weighted by Gasteiger charge is 2.25. The highest BCUT2D eigenvalue weighted by molar-refractivity contribution is 5.39. The standard InChI is InChI=1S/C14H19N3O/c18-10-11-4-3-5-13(11)15-8-12-9-17-7-2-1-6-14(17)16-12/h1-2,6-7,9,11,13,15,18H,3-5,8,10H2. The van der Waals surface area contributed by atoms with Gasteiger partial charge in [-0.1, -0.05) is 12.5 Å². The second kappa shape index (κ2) is 5.08. The van der Waals surface area contributed by atoms with E-state index < -0.39 is 0 Å². The van der Waals surface area contributed by atoms with E-state index in [1.165, 1.54) is 12.8 Å². The Hall–Kier alpha value is -1.39. The van der Waals surface area contributed by atoms with Gasteiger partial charge in [-0.05, 0) is 30.9 Å². The maximum Gasteiger partial charge on any atom is 0.137 e. The molecular formula is C14H19N3O. The molecule has 18 heavy (non-hydrogen) atoms. The number of imidazole rings is 1. The zero-order valence-electron chi connectivity index (χ0n) is 10.4. The first-order chi connectivity index (χ1) is 8.86. The summed E-state index contributed by atoms with van der Waals surface area (Å²) in [6.07, 6.45) is 7.59. The molecule has 96 valence electrons. The Kier molecular flexibility index (Phi) is 3.30. The molecule has 4 nitrogen and oxygen atoms in total. The van der Waals surface area contributed by atoms with E-state index in [9.17, 15) is 5.11 Å². The number of aromatic nitrogens is 2. The normalized spacial score (nSPS) is 23.8. The predicted octanol–water partition coefficient (Wildman–Crippen LogP) is 1.58. The number of rotatable bonds is 4. The van der Waals surface area contributed by atoms with Crippen LogP contribution in [0.5, 0.6) is 0 Å². The van der Waals surface area contributed by atoms with E-state index in [0.717, 1.165) is 24.3 Å². The van der Waals surface area contributed by atoms with Crippen molar-refractivity contribution in [3.05, 3.63) is 36.3 Å². The largest absolute Gasteiger partial charge is 0.396 e. The van der Waals surface area contributed by atoms with Crippen LogP contribution in [0.4, 0.5) is 0 Å². The van der Waals surface area contributed by atoms with Crippen molar-refractivity contribution < 1.29 is 5.11 Å². The van der Waals surface area contributed by atoms with Gasteiger partial charge in [0.15, 0.2) is 0 Å². The Balaban J connectivity index is 1.66. The lowest BCUT2D eigenvalue weighted by atomic mass is 10.1. The van der Waals surface area contributed by atoms with Crippen LogP contribution >= 0.6 is 0 Å². The summed E-state index contributed by atoms with van der Waals surface area (Å²) in [4.78, 5) is 4.56. The summed E-state index contributed by atoms with van der Waals surface area (Å²) < 4.78 is 2.04. The van der Waals surface area contributed by atoms with Gasteiger partial charge in [-0.15, -0.1) is 0 Å². The van der Waals surface area contributed by atoms with E-state index in [0.29, 0.717) is 18.6 Å². The molecule has 0 aromatic carbocycles. The molecule has 2 aromatic heterocycles. The highest BCUT2D eigenvalue weighted by Crippen LogP contribution is 2.25. The van der Waals surface area contributed by atoms with E-state index >= 15 is 0 Å². The molecule has 4 heteroatoms. The molecule has 1 fully saturated rings. The van der Waals surface area contributed by atoms with Crippen LogP contribution in [-0.2, 0) is 6.54 Å². The van der Waals surface area contributed by atoms with E-state index in [2.05, 4.69) is 16.5 Å². The van der Waals surface area contributed by atoms with Crippen LogP contribution in [0.3, 0.4) is 0 Å². The maximum absolute atomic E-state index is 9.29. The molecule has 0 amide bonds. The van der Waals surface area contributed by atoms with Gasteiger partial charge in [0.05, 0.1) is 5.69 Å². The van der Waals surface area contributed by atoms with Gasteiger partial charge >= 0.3 is 0 Å². The van der Waals surface area contributed by atoms with Gasteiger partial charge in [0, 0.05) is 31.6 Å². The molecule has 1 saturated carbocycles. The van der Waals surface area contributed by atoms with Gasteiger partial charge in [-0.3, -0.25) is 0 Å². The number of hydrogen-bond donors (Lipinski definition) is 2. The molecule has 2 N–H and O–H groups in total. The SMILES string of the molecule is OCC1CCCC1NCc1cn2ccccc2n1. The first-order valence-corrected chi connectivity index (χ1v) is 6.63. The fourth-order valence-electron chi connectivity index (χ4n) is 2.83. The Bertz CT molecular complexity index is 489. The van der Waals surface area contributed by atoms with Crippen molar-refractivity contribution in [3.63, 3.8) is 0 Å². The summed E-state index contributed by atoms with van der Waals surface area (Å²) in [6, 6.07) is 6.46. The number of pyridine rings is 1. The summed E-state index contributed by atoms with van der Waals surface area (Å²) >= 11 is 0. The summed E-state index contributed by atoms with van der Waals surface area (Å²) in [5.74, 6) is 0.419. The molecule has 1 aliphatic carbocycles. The van der Waals surface area contributed by atoms with E-state index in [-0.39, 0.29) is 0 Å². The first kappa shape index (κ1) is 11.7. The zero-order valence-corrected chi connectivity index (χ0v) is 10.4. The van der Waals surface area contributed by atoms with Crippen molar-refractivity contribution in [2.45, 2.75) is 31.8 Å². The number of aliphatic hydroxyl groups excluding tert-OH is 1. The molecule has 0 aliphatic heterocycles. The Morgan fingerprint density at radius 2 is 2.33 bits per heavy atom. The molecule has 2 aromatic rings. The average Bonchev–Trinajstić information content (AvgIpc) is 3.01. The number of nitrogens with zero attached hydrogens (tertiary/aromatic N) is 2. The van der Waals surface area contributed by atoms with Crippen LogP contribution in [0.15, 0.2) is 30.6 Å². The molecule has 1 aliphatic rings. The molecular weight excluding hydrogens is 226 g/mol. The van der Waals surface area contributed by atoms with Gasteiger partial charge in [0.2, 0.25) is 0 Å². The molecule has 2 unspecified atom stereocenters. The lowest BCUT2D eigenvalue weighted by molar-refractivity contribution is 0.205. The fourth-order valence-corrected chi connectivity index (χ4v) is 2.83. The van der Waals surface area contributed by atoms with Gasteiger partial charge < -0.3 is 14.8 Å². The Labute approximate surface area is 107 Å². The summed E-state index contributed by atoms with van der Waals surface area (Å²) in [6.45, 7) is 1.08. The molecule has 0 saturated heterocycles. The molecule has 0 spiro atoms. The number of hydrogen-bond acceptors (Lipinski definition) is 3. The van der Waals surface area contributed by atoms with Crippen molar-refractivity contribution in [2.24, 2.45) is 5.92 Å². The zero-order chi connectivity index (χ0) is 12.4. The maximum atomic E-state index is 9.29. The quantitative estimate of drug-likeness (QED) is 0.860. The molecule has 2 heterocycles. The summed E-state index contributed by atoms with van der Waals surface area (Å²) in [5, 5.41) is 12.8. The van der Waals surface area contributed by atoms with Crippen LogP contribution in [-0.4, -0.2) is 27.1 Å². The smallest absolute Gasteiger partial charge is 0.137 e. The molecule has 0 bridgehead atoms. The molecule has 0 radical (unpaired) electrons. The van der Waals surface area contributed by atoms with Gasteiger partial charge in [-0.2, -0.15) is 0 Å². The van der Waals surface area contributed by atoms with E-state index in [1.54, 1.807) is 0 Å². The van der Waals surface area contributed by atoms with Crippen LogP contribution in [0, 0.1) is 5.92 Å². The molecule has 2 atom stereocenters. The second-order valence-corrected chi connectivity index (χ2v) is 5.06. The summed E-state index contributed by atoms with van der Waals surface area (Å²) in [5.41, 5.74) is 2.05. The van der Waals surface area contributed by atoms with Crippen LogP contribution in [0.2, 0.25) is 0 Å². The average molecular weight is 245 g/mol. The van der Waals surface area contributed by atoms with Crippen molar-refractivity contribution in [3.8, 4) is 0 Å². The Morgan fingerprint density at radius 3 is 3.17 bits per heavy atom. The van der Waals surface area contributed by atoms with Crippen molar-refractivity contribution in [1.82, 2.24) is 14.7 Å². The topological polar surface area (TPSA) is 49.6 Å². The van der Waals surface area contributed by atoms with Crippen LogP contribution < -0.4 is 5.32 Å². The van der Waals surface area contributed by atoms with Crippen LogP contribution in [0.25, 0.3) is 5.65 Å². The van der Waals surface area contributed by atoms with Crippen molar-refractivity contribution >= 4 is 5.65 Å².